The molecule has 2 N–H and O–H groups in total. The summed E-state index contributed by atoms with van der Waals surface area (Å²) in [6.07, 6.45) is 2.54. The zero-order valence-electron chi connectivity index (χ0n) is 14.2. The van der Waals surface area contributed by atoms with Crippen LogP contribution in [0.2, 0.25) is 0 Å². The van der Waals surface area contributed by atoms with Gasteiger partial charge in [-0.1, -0.05) is 12.1 Å². The number of aromatic nitrogens is 6. The summed E-state index contributed by atoms with van der Waals surface area (Å²) >= 11 is 0. The number of ether oxygens (including phenoxy) is 1. The number of para-hydroxylation sites is 2. The van der Waals surface area contributed by atoms with Gasteiger partial charge in [0.05, 0.1) is 22.6 Å². The van der Waals surface area contributed by atoms with E-state index in [0.717, 1.165) is 40.1 Å². The average molecular weight is 337 g/mol. The number of hydrogen-bond acceptors (Lipinski definition) is 6. The van der Waals surface area contributed by atoms with E-state index in [2.05, 4.69) is 30.4 Å². The van der Waals surface area contributed by atoms with E-state index in [-0.39, 0.29) is 0 Å². The van der Waals surface area contributed by atoms with Gasteiger partial charge >= 0.3 is 0 Å². The highest BCUT2D eigenvalue weighted by Crippen LogP contribution is 2.20. The molecule has 3 heterocycles. The number of anilines is 1. The number of aryl methyl sites for hydroxylation is 1. The summed E-state index contributed by atoms with van der Waals surface area (Å²) in [4.78, 5) is 17.0. The molecule has 0 unspecified atom stereocenters. The van der Waals surface area contributed by atoms with Crippen LogP contribution in [0, 0.1) is 0 Å². The number of fused-ring (bicyclic) bond motifs is 2. The van der Waals surface area contributed by atoms with Crippen LogP contribution in [-0.4, -0.2) is 43.4 Å². The third-order valence-electron chi connectivity index (χ3n) is 4.00. The summed E-state index contributed by atoms with van der Waals surface area (Å²) in [5.74, 6) is 2.34. The van der Waals surface area contributed by atoms with Crippen molar-refractivity contribution in [3.05, 3.63) is 42.1 Å². The van der Waals surface area contributed by atoms with Crippen LogP contribution in [0.3, 0.4) is 0 Å². The minimum absolute atomic E-state index is 0.360. The van der Waals surface area contributed by atoms with Crippen molar-refractivity contribution in [3.8, 4) is 0 Å². The van der Waals surface area contributed by atoms with E-state index in [1.807, 2.05) is 31.3 Å². The van der Waals surface area contributed by atoms with Crippen LogP contribution in [0.1, 0.15) is 11.6 Å². The maximum atomic E-state index is 5.16. The number of nitrogens with zero attached hydrogens (tertiary/aromatic N) is 5. The van der Waals surface area contributed by atoms with Crippen molar-refractivity contribution in [2.75, 3.05) is 19.0 Å². The predicted molar refractivity (Wildman–Crippen MR) is 95.3 cm³/mol. The molecule has 0 saturated carbocycles. The largest absolute Gasteiger partial charge is 0.377 e. The summed E-state index contributed by atoms with van der Waals surface area (Å²) in [5, 5.41) is 8.54. The Balaban J connectivity index is 1.53. The number of rotatable bonds is 6. The Morgan fingerprint density at radius 2 is 2.08 bits per heavy atom. The topological polar surface area (TPSA) is 93.5 Å². The minimum atomic E-state index is 0.360. The zero-order valence-corrected chi connectivity index (χ0v) is 14.2. The van der Waals surface area contributed by atoms with Crippen molar-refractivity contribution in [1.29, 1.82) is 0 Å². The normalized spacial score (nSPS) is 11.4. The first kappa shape index (κ1) is 15.5. The first-order valence-corrected chi connectivity index (χ1v) is 8.09. The van der Waals surface area contributed by atoms with Crippen molar-refractivity contribution < 1.29 is 4.74 Å². The van der Waals surface area contributed by atoms with Gasteiger partial charge in [-0.3, -0.25) is 4.68 Å². The van der Waals surface area contributed by atoms with E-state index in [9.17, 15) is 0 Å². The van der Waals surface area contributed by atoms with Crippen LogP contribution in [0.5, 0.6) is 0 Å². The van der Waals surface area contributed by atoms with Gasteiger partial charge in [0.25, 0.3) is 0 Å². The lowest BCUT2D eigenvalue weighted by molar-refractivity contribution is 0.178. The Bertz CT molecular complexity index is 987. The van der Waals surface area contributed by atoms with E-state index in [1.54, 1.807) is 18.0 Å². The molecule has 0 aliphatic carbocycles. The van der Waals surface area contributed by atoms with Gasteiger partial charge in [-0.25, -0.2) is 15.0 Å². The number of benzene rings is 1. The molecule has 0 spiro atoms. The first-order chi connectivity index (χ1) is 12.2. The molecule has 0 aliphatic heterocycles. The molecule has 4 aromatic rings. The van der Waals surface area contributed by atoms with Crippen LogP contribution in [0.4, 0.5) is 5.82 Å². The quantitative estimate of drug-likeness (QED) is 0.559. The van der Waals surface area contributed by atoms with Gasteiger partial charge in [0.2, 0.25) is 0 Å². The average Bonchev–Trinajstić information content (AvgIpc) is 3.19. The second kappa shape index (κ2) is 6.48. The third kappa shape index (κ3) is 3.03. The van der Waals surface area contributed by atoms with Gasteiger partial charge in [0.1, 0.15) is 18.2 Å². The Labute approximate surface area is 144 Å². The number of nitrogens with one attached hydrogen (secondary N) is 2. The fourth-order valence-corrected chi connectivity index (χ4v) is 2.82. The number of H-pyrrole nitrogens is 1. The van der Waals surface area contributed by atoms with Crippen LogP contribution < -0.4 is 5.32 Å². The molecule has 4 rings (SSSR count). The van der Waals surface area contributed by atoms with E-state index < -0.39 is 0 Å². The summed E-state index contributed by atoms with van der Waals surface area (Å²) in [6, 6.07) is 8.02. The second-order valence-corrected chi connectivity index (χ2v) is 5.80. The lowest BCUT2D eigenvalue weighted by atomic mass is 10.3. The molecule has 128 valence electrons. The van der Waals surface area contributed by atoms with E-state index >= 15 is 0 Å². The number of methoxy groups -OCH3 is 1. The summed E-state index contributed by atoms with van der Waals surface area (Å²) in [6.45, 7) is 1.06. The van der Waals surface area contributed by atoms with Crippen molar-refractivity contribution in [2.45, 2.75) is 13.0 Å². The molecular weight excluding hydrogens is 318 g/mol. The molecule has 0 saturated heterocycles. The molecule has 8 heteroatoms. The molecule has 25 heavy (non-hydrogen) atoms. The highest BCUT2D eigenvalue weighted by Gasteiger charge is 2.11. The molecule has 3 aromatic heterocycles. The summed E-state index contributed by atoms with van der Waals surface area (Å²) < 4.78 is 6.89. The first-order valence-electron chi connectivity index (χ1n) is 8.09. The highest BCUT2D eigenvalue weighted by molar-refractivity contribution is 5.86. The van der Waals surface area contributed by atoms with E-state index in [4.69, 9.17) is 4.74 Å². The molecule has 0 aliphatic rings. The Morgan fingerprint density at radius 3 is 2.92 bits per heavy atom. The minimum Gasteiger partial charge on any atom is -0.377 e. The monoisotopic (exact) mass is 337 g/mol. The molecule has 0 fully saturated rings. The third-order valence-corrected chi connectivity index (χ3v) is 4.00. The van der Waals surface area contributed by atoms with Crippen LogP contribution in [0.15, 0.2) is 30.5 Å². The van der Waals surface area contributed by atoms with Crippen molar-refractivity contribution in [1.82, 2.24) is 29.7 Å². The van der Waals surface area contributed by atoms with Crippen LogP contribution in [-0.2, 0) is 24.8 Å². The number of aromatic amines is 1. The second-order valence-electron chi connectivity index (χ2n) is 5.80. The number of imidazole rings is 1. The van der Waals surface area contributed by atoms with Crippen molar-refractivity contribution in [3.63, 3.8) is 0 Å². The van der Waals surface area contributed by atoms with Gasteiger partial charge in [-0.2, -0.15) is 5.10 Å². The molecule has 1 aromatic carbocycles. The predicted octanol–water partition coefficient (Wildman–Crippen LogP) is 2.04. The fraction of sp³-hybridized carbons (Fsp3) is 0.294. The maximum Gasteiger partial charge on any atom is 0.163 e. The van der Waals surface area contributed by atoms with Crippen molar-refractivity contribution >= 4 is 27.9 Å². The van der Waals surface area contributed by atoms with E-state index in [0.29, 0.717) is 19.0 Å². The molecule has 0 amide bonds. The highest BCUT2D eigenvalue weighted by atomic mass is 16.5. The molecular formula is C17H19N7O. The van der Waals surface area contributed by atoms with Gasteiger partial charge < -0.3 is 15.0 Å². The lowest BCUT2D eigenvalue weighted by Gasteiger charge is -2.08. The van der Waals surface area contributed by atoms with Gasteiger partial charge in [-0.05, 0) is 12.1 Å². The van der Waals surface area contributed by atoms with Gasteiger partial charge in [0, 0.05) is 27.1 Å². The smallest absolute Gasteiger partial charge is 0.163 e. The Hall–Kier alpha value is -3.00. The van der Waals surface area contributed by atoms with Gasteiger partial charge in [-0.15, -0.1) is 0 Å². The standard InChI is InChI=1S/C17H19N7O/c1-24-17-11(9-19-24)16(22-15(23-17)10-25-2)18-8-7-14-20-12-5-3-4-6-13(12)21-14/h3-6,9H,7-8,10H2,1-2H3,(H,20,21)(H,18,22,23). The Kier molecular flexibility index (Phi) is 4.02. The summed E-state index contributed by atoms with van der Waals surface area (Å²) in [7, 11) is 3.50. The molecule has 0 radical (unpaired) electrons. The van der Waals surface area contributed by atoms with Gasteiger partial charge in [0.15, 0.2) is 11.5 Å². The molecule has 0 atom stereocenters. The lowest BCUT2D eigenvalue weighted by Crippen LogP contribution is -2.10. The molecule has 0 bridgehead atoms. The van der Waals surface area contributed by atoms with E-state index in [1.165, 1.54) is 0 Å². The van der Waals surface area contributed by atoms with Crippen LogP contribution >= 0.6 is 0 Å². The Morgan fingerprint density at radius 1 is 1.20 bits per heavy atom. The fourth-order valence-electron chi connectivity index (χ4n) is 2.82. The zero-order chi connectivity index (χ0) is 17.2. The number of hydrogen-bond donors (Lipinski definition) is 2. The SMILES string of the molecule is COCc1nc(NCCc2nc3ccccc3[nH]2)c2cnn(C)c2n1. The van der Waals surface area contributed by atoms with Crippen LogP contribution in [0.25, 0.3) is 22.1 Å². The summed E-state index contributed by atoms with van der Waals surface area (Å²) in [5.41, 5.74) is 2.82. The van der Waals surface area contributed by atoms with Crippen molar-refractivity contribution in [2.24, 2.45) is 7.05 Å². The maximum absolute atomic E-state index is 5.16. The molecule has 8 nitrogen and oxygen atoms in total.